The molecule has 0 radical (unpaired) electrons. The van der Waals surface area contributed by atoms with Crippen LogP contribution in [-0.4, -0.2) is 11.8 Å². The van der Waals surface area contributed by atoms with Gasteiger partial charge in [-0.1, -0.05) is 29.3 Å². The number of carbonyl (C=O) groups excluding carboxylic acids is 2. The van der Waals surface area contributed by atoms with E-state index in [2.05, 4.69) is 5.32 Å². The average Bonchev–Trinajstić information content (AvgIpc) is 2.38. The van der Waals surface area contributed by atoms with E-state index in [9.17, 15) is 9.59 Å². The largest absolute Gasteiger partial charge is 0.399 e. The summed E-state index contributed by atoms with van der Waals surface area (Å²) in [7, 11) is 0. The molecule has 102 valence electrons. The molecule has 4 nitrogen and oxygen atoms in total. The predicted octanol–water partition coefficient (Wildman–Crippen LogP) is 3.15. The number of amides is 2. The average molecular weight is 309 g/mol. The van der Waals surface area contributed by atoms with E-state index in [0.29, 0.717) is 16.3 Å². The summed E-state index contributed by atoms with van der Waals surface area (Å²) in [5, 5.41) is 2.83. The second-order valence-electron chi connectivity index (χ2n) is 4.03. The molecule has 2 aromatic rings. The van der Waals surface area contributed by atoms with Gasteiger partial charge in [0.05, 0.1) is 10.6 Å². The van der Waals surface area contributed by atoms with E-state index >= 15 is 0 Å². The first-order chi connectivity index (χ1) is 9.47. The summed E-state index contributed by atoms with van der Waals surface area (Å²) in [6.07, 6.45) is 0. The van der Waals surface area contributed by atoms with Gasteiger partial charge in [0.15, 0.2) is 0 Å². The Kier molecular flexibility index (Phi) is 4.27. The highest BCUT2D eigenvalue weighted by molar-refractivity contribution is 6.37. The molecule has 2 rings (SSSR count). The van der Waals surface area contributed by atoms with Crippen molar-refractivity contribution in [2.75, 3.05) is 5.73 Å². The second kappa shape index (κ2) is 5.94. The molecule has 0 unspecified atom stereocenters. The van der Waals surface area contributed by atoms with Crippen LogP contribution in [0.25, 0.3) is 0 Å². The Labute approximate surface area is 125 Å². The molecule has 20 heavy (non-hydrogen) atoms. The summed E-state index contributed by atoms with van der Waals surface area (Å²) in [5.41, 5.74) is 6.49. The molecule has 0 aliphatic carbocycles. The molecule has 0 saturated carbocycles. The van der Waals surface area contributed by atoms with Crippen molar-refractivity contribution in [1.82, 2.24) is 5.32 Å². The molecule has 0 spiro atoms. The molecule has 0 aliphatic rings. The third-order valence-corrected chi connectivity index (χ3v) is 3.10. The third-order valence-electron chi connectivity index (χ3n) is 2.55. The lowest BCUT2D eigenvalue weighted by atomic mass is 10.1. The summed E-state index contributed by atoms with van der Waals surface area (Å²) in [6.45, 7) is 0. The van der Waals surface area contributed by atoms with Crippen LogP contribution in [0.3, 0.4) is 0 Å². The maximum Gasteiger partial charge on any atom is 0.259 e. The van der Waals surface area contributed by atoms with E-state index in [-0.39, 0.29) is 10.6 Å². The molecule has 0 saturated heterocycles. The standard InChI is InChI=1S/C14H10Cl2N2O2/c15-9-4-5-11(12(16)7-9)14(20)18-13(19)8-2-1-3-10(17)6-8/h1-7H,17H2,(H,18,19,20). The van der Waals surface area contributed by atoms with Gasteiger partial charge in [-0.3, -0.25) is 14.9 Å². The lowest BCUT2D eigenvalue weighted by molar-refractivity contribution is 0.0849. The van der Waals surface area contributed by atoms with Gasteiger partial charge in [0, 0.05) is 16.3 Å². The number of nitrogens with one attached hydrogen (secondary N) is 1. The van der Waals surface area contributed by atoms with Crippen LogP contribution in [0, 0.1) is 0 Å². The van der Waals surface area contributed by atoms with Gasteiger partial charge in [-0.15, -0.1) is 0 Å². The summed E-state index contributed by atoms with van der Waals surface area (Å²) < 4.78 is 0. The SMILES string of the molecule is Nc1cccc(C(=O)NC(=O)c2ccc(Cl)cc2Cl)c1. The van der Waals surface area contributed by atoms with Crippen LogP contribution in [0.2, 0.25) is 10.0 Å². The van der Waals surface area contributed by atoms with Crippen molar-refractivity contribution in [1.29, 1.82) is 0 Å². The van der Waals surface area contributed by atoms with Gasteiger partial charge >= 0.3 is 0 Å². The van der Waals surface area contributed by atoms with Gasteiger partial charge in [-0.25, -0.2) is 0 Å². The molecule has 0 bridgehead atoms. The Bertz CT molecular complexity index is 687. The first-order valence-electron chi connectivity index (χ1n) is 5.63. The van der Waals surface area contributed by atoms with Gasteiger partial charge in [-0.2, -0.15) is 0 Å². The van der Waals surface area contributed by atoms with Crippen LogP contribution in [0.15, 0.2) is 42.5 Å². The van der Waals surface area contributed by atoms with Crippen LogP contribution >= 0.6 is 23.2 Å². The van der Waals surface area contributed by atoms with Crippen LogP contribution in [0.5, 0.6) is 0 Å². The normalized spacial score (nSPS) is 10.1. The van der Waals surface area contributed by atoms with Crippen LogP contribution in [0.4, 0.5) is 5.69 Å². The summed E-state index contributed by atoms with van der Waals surface area (Å²) in [4.78, 5) is 23.9. The molecule has 0 heterocycles. The molecule has 2 amide bonds. The Balaban J connectivity index is 2.17. The van der Waals surface area contributed by atoms with Gasteiger partial charge in [0.1, 0.15) is 0 Å². The Morgan fingerprint density at radius 2 is 1.75 bits per heavy atom. The summed E-state index contributed by atoms with van der Waals surface area (Å²) in [5.74, 6) is -1.15. The van der Waals surface area contributed by atoms with Crippen LogP contribution in [0.1, 0.15) is 20.7 Å². The van der Waals surface area contributed by atoms with E-state index < -0.39 is 11.8 Å². The highest BCUT2D eigenvalue weighted by Crippen LogP contribution is 2.20. The molecule has 2 aromatic carbocycles. The van der Waals surface area contributed by atoms with Crippen molar-refractivity contribution in [2.45, 2.75) is 0 Å². The minimum absolute atomic E-state index is 0.174. The molecular formula is C14H10Cl2N2O2. The molecule has 0 aliphatic heterocycles. The van der Waals surface area contributed by atoms with Gasteiger partial charge in [0.2, 0.25) is 0 Å². The van der Waals surface area contributed by atoms with E-state index in [1.807, 2.05) is 0 Å². The smallest absolute Gasteiger partial charge is 0.259 e. The minimum atomic E-state index is -0.598. The van der Waals surface area contributed by atoms with Crippen LogP contribution < -0.4 is 11.1 Å². The fourth-order valence-electron chi connectivity index (χ4n) is 1.60. The number of hydrogen-bond acceptors (Lipinski definition) is 3. The van der Waals surface area contributed by atoms with Crippen molar-refractivity contribution in [2.24, 2.45) is 0 Å². The monoisotopic (exact) mass is 308 g/mol. The van der Waals surface area contributed by atoms with Crippen molar-refractivity contribution < 1.29 is 9.59 Å². The number of nitrogens with two attached hydrogens (primary N) is 1. The zero-order valence-electron chi connectivity index (χ0n) is 10.2. The topological polar surface area (TPSA) is 72.2 Å². The number of nitrogen functional groups attached to an aromatic ring is 1. The molecule has 0 aromatic heterocycles. The highest BCUT2D eigenvalue weighted by atomic mass is 35.5. The van der Waals surface area contributed by atoms with Crippen LogP contribution in [-0.2, 0) is 0 Å². The molecular weight excluding hydrogens is 299 g/mol. The van der Waals surface area contributed by atoms with E-state index in [1.54, 1.807) is 18.2 Å². The third kappa shape index (κ3) is 3.29. The minimum Gasteiger partial charge on any atom is -0.399 e. The zero-order valence-corrected chi connectivity index (χ0v) is 11.7. The van der Waals surface area contributed by atoms with Crippen molar-refractivity contribution in [3.05, 3.63) is 63.6 Å². The first-order valence-corrected chi connectivity index (χ1v) is 6.39. The number of benzene rings is 2. The number of hydrogen-bond donors (Lipinski definition) is 2. The molecule has 6 heteroatoms. The van der Waals surface area contributed by atoms with Crippen molar-refractivity contribution in [3.63, 3.8) is 0 Å². The fraction of sp³-hybridized carbons (Fsp3) is 0. The highest BCUT2D eigenvalue weighted by Gasteiger charge is 2.15. The van der Waals surface area contributed by atoms with Gasteiger partial charge in [0.25, 0.3) is 11.8 Å². The molecule has 0 fully saturated rings. The fourth-order valence-corrected chi connectivity index (χ4v) is 2.09. The Morgan fingerprint density at radius 1 is 1.00 bits per heavy atom. The maximum absolute atomic E-state index is 12.0. The Morgan fingerprint density at radius 3 is 2.40 bits per heavy atom. The quantitative estimate of drug-likeness (QED) is 0.661. The summed E-state index contributed by atoms with van der Waals surface area (Å²) >= 11 is 11.6. The molecule has 3 N–H and O–H groups in total. The number of carbonyl (C=O) groups is 2. The number of rotatable bonds is 2. The van der Waals surface area contributed by atoms with E-state index in [4.69, 9.17) is 28.9 Å². The number of halogens is 2. The van der Waals surface area contributed by atoms with E-state index in [1.165, 1.54) is 24.3 Å². The maximum atomic E-state index is 12.0. The summed E-state index contributed by atoms with van der Waals surface area (Å²) in [6, 6.07) is 10.7. The van der Waals surface area contributed by atoms with E-state index in [0.717, 1.165) is 0 Å². The first kappa shape index (κ1) is 14.4. The van der Waals surface area contributed by atoms with Gasteiger partial charge in [-0.05, 0) is 36.4 Å². The van der Waals surface area contributed by atoms with Crippen molar-refractivity contribution in [3.8, 4) is 0 Å². The lowest BCUT2D eigenvalue weighted by Crippen LogP contribution is -2.30. The van der Waals surface area contributed by atoms with Gasteiger partial charge < -0.3 is 5.73 Å². The molecule has 0 atom stereocenters. The number of anilines is 1. The lowest BCUT2D eigenvalue weighted by Gasteiger charge is -2.06. The Hall–Kier alpha value is -2.04. The zero-order chi connectivity index (χ0) is 14.7. The predicted molar refractivity (Wildman–Crippen MR) is 79.1 cm³/mol. The second-order valence-corrected chi connectivity index (χ2v) is 4.88. The number of imide groups is 1. The van der Waals surface area contributed by atoms with Crippen molar-refractivity contribution >= 4 is 40.7 Å².